The van der Waals surface area contributed by atoms with E-state index in [-0.39, 0.29) is 11.3 Å². The Labute approximate surface area is 129 Å². The lowest BCUT2D eigenvalue weighted by Gasteiger charge is -2.32. The van der Waals surface area contributed by atoms with Gasteiger partial charge in [0.05, 0.1) is 18.4 Å². The van der Waals surface area contributed by atoms with Crippen LogP contribution in [-0.2, 0) is 13.0 Å². The van der Waals surface area contributed by atoms with Crippen LogP contribution in [-0.4, -0.2) is 19.4 Å². The fourth-order valence-corrected chi connectivity index (χ4v) is 3.10. The molecule has 0 fully saturated rings. The van der Waals surface area contributed by atoms with Gasteiger partial charge in [0.1, 0.15) is 11.6 Å². The molecular formula is C18H18FNO2. The van der Waals surface area contributed by atoms with Gasteiger partial charge < -0.3 is 9.64 Å². The van der Waals surface area contributed by atoms with Gasteiger partial charge in [-0.15, -0.1) is 0 Å². The first-order valence-electron chi connectivity index (χ1n) is 7.31. The number of ether oxygens (including phenoxy) is 1. The molecule has 3 rings (SSSR count). The molecule has 2 aromatic rings. The number of benzene rings is 2. The monoisotopic (exact) mass is 299 g/mol. The first-order chi connectivity index (χ1) is 10.6. The molecule has 0 amide bonds. The molecule has 22 heavy (non-hydrogen) atoms. The summed E-state index contributed by atoms with van der Waals surface area (Å²) in [7, 11) is 1.67. The minimum absolute atomic E-state index is 0.175. The second-order valence-corrected chi connectivity index (χ2v) is 5.46. The van der Waals surface area contributed by atoms with E-state index in [2.05, 4.69) is 11.0 Å². The molecule has 0 radical (unpaired) electrons. The van der Waals surface area contributed by atoms with Crippen molar-refractivity contribution in [3.63, 3.8) is 0 Å². The largest absolute Gasteiger partial charge is 0.496 e. The summed E-state index contributed by atoms with van der Waals surface area (Å²) >= 11 is 0. The van der Waals surface area contributed by atoms with Crippen LogP contribution >= 0.6 is 0 Å². The molecule has 0 unspecified atom stereocenters. The predicted molar refractivity (Wildman–Crippen MR) is 84.2 cm³/mol. The SMILES string of the molecule is COc1cccc2c1CCN(c1cccc(F)c1C(C)=O)C2. The van der Waals surface area contributed by atoms with Crippen molar-refractivity contribution in [2.75, 3.05) is 18.6 Å². The normalized spacial score (nSPS) is 13.7. The Bertz CT molecular complexity index is 727. The summed E-state index contributed by atoms with van der Waals surface area (Å²) in [6.45, 7) is 2.79. The Balaban J connectivity index is 1.99. The second-order valence-electron chi connectivity index (χ2n) is 5.46. The van der Waals surface area contributed by atoms with E-state index in [0.29, 0.717) is 12.2 Å². The molecule has 0 N–H and O–H groups in total. The van der Waals surface area contributed by atoms with E-state index in [1.807, 2.05) is 18.2 Å². The zero-order chi connectivity index (χ0) is 15.7. The van der Waals surface area contributed by atoms with E-state index in [4.69, 9.17) is 4.74 Å². The molecule has 114 valence electrons. The molecule has 1 aliphatic rings. The maximum Gasteiger partial charge on any atom is 0.164 e. The van der Waals surface area contributed by atoms with Crippen LogP contribution < -0.4 is 9.64 Å². The van der Waals surface area contributed by atoms with Crippen LogP contribution in [0.2, 0.25) is 0 Å². The van der Waals surface area contributed by atoms with Gasteiger partial charge in [0.2, 0.25) is 0 Å². The number of ketones is 1. The minimum Gasteiger partial charge on any atom is -0.496 e. The number of anilines is 1. The topological polar surface area (TPSA) is 29.5 Å². The third-order valence-corrected chi connectivity index (χ3v) is 4.13. The molecule has 0 bridgehead atoms. The van der Waals surface area contributed by atoms with Crippen LogP contribution in [0.3, 0.4) is 0 Å². The van der Waals surface area contributed by atoms with E-state index in [9.17, 15) is 9.18 Å². The first-order valence-corrected chi connectivity index (χ1v) is 7.31. The number of hydrogen-bond acceptors (Lipinski definition) is 3. The summed E-state index contributed by atoms with van der Waals surface area (Å²) in [5.74, 6) is 0.189. The second kappa shape index (κ2) is 5.79. The standard InChI is InChI=1S/C18H18FNO2/c1-12(21)18-15(19)6-4-7-16(18)20-10-9-14-13(11-20)5-3-8-17(14)22-2/h3-8H,9-11H2,1-2H3. The van der Waals surface area contributed by atoms with Gasteiger partial charge >= 0.3 is 0 Å². The number of Topliss-reactive ketones (excluding diaryl/α,β-unsaturated/α-hetero) is 1. The highest BCUT2D eigenvalue weighted by Crippen LogP contribution is 2.32. The van der Waals surface area contributed by atoms with Crippen molar-refractivity contribution < 1.29 is 13.9 Å². The number of rotatable bonds is 3. The summed E-state index contributed by atoms with van der Waals surface area (Å²) in [6.07, 6.45) is 0.813. The Kier molecular flexibility index (Phi) is 3.84. The molecule has 3 nitrogen and oxygen atoms in total. The van der Waals surface area contributed by atoms with Gasteiger partial charge in [0.15, 0.2) is 5.78 Å². The smallest absolute Gasteiger partial charge is 0.164 e. The van der Waals surface area contributed by atoms with Gasteiger partial charge in [-0.2, -0.15) is 0 Å². The highest BCUT2D eigenvalue weighted by molar-refractivity contribution is 6.00. The lowest BCUT2D eigenvalue weighted by atomic mass is 9.97. The van der Waals surface area contributed by atoms with Crippen LogP contribution in [0.4, 0.5) is 10.1 Å². The van der Waals surface area contributed by atoms with Crippen molar-refractivity contribution in [2.24, 2.45) is 0 Å². The van der Waals surface area contributed by atoms with E-state index in [1.54, 1.807) is 13.2 Å². The Hall–Kier alpha value is -2.36. The summed E-state index contributed by atoms with van der Waals surface area (Å²) < 4.78 is 19.4. The molecule has 2 aromatic carbocycles. The number of methoxy groups -OCH3 is 1. The van der Waals surface area contributed by atoms with Gasteiger partial charge in [-0.05, 0) is 37.1 Å². The maximum absolute atomic E-state index is 14.0. The van der Waals surface area contributed by atoms with Crippen molar-refractivity contribution in [1.82, 2.24) is 0 Å². The van der Waals surface area contributed by atoms with Gasteiger partial charge in [0, 0.05) is 18.7 Å². The van der Waals surface area contributed by atoms with Gasteiger partial charge in [-0.3, -0.25) is 4.79 Å². The number of fused-ring (bicyclic) bond motifs is 1. The molecule has 0 spiro atoms. The molecule has 0 atom stereocenters. The van der Waals surface area contributed by atoms with Crippen LogP contribution in [0.5, 0.6) is 5.75 Å². The number of carbonyl (C=O) groups excluding carboxylic acids is 1. The first kappa shape index (κ1) is 14.6. The zero-order valence-electron chi connectivity index (χ0n) is 12.7. The Morgan fingerprint density at radius 1 is 1.23 bits per heavy atom. The quantitative estimate of drug-likeness (QED) is 0.811. The Morgan fingerprint density at radius 2 is 2.00 bits per heavy atom. The molecule has 0 saturated heterocycles. The zero-order valence-corrected chi connectivity index (χ0v) is 12.7. The fraction of sp³-hybridized carbons (Fsp3) is 0.278. The lowest BCUT2D eigenvalue weighted by molar-refractivity contribution is 0.101. The third-order valence-electron chi connectivity index (χ3n) is 4.13. The maximum atomic E-state index is 14.0. The summed E-state index contributed by atoms with van der Waals surface area (Å²) in [6, 6.07) is 10.8. The molecular weight excluding hydrogens is 281 g/mol. The van der Waals surface area contributed by atoms with Crippen molar-refractivity contribution in [1.29, 1.82) is 0 Å². The summed E-state index contributed by atoms with van der Waals surface area (Å²) in [5.41, 5.74) is 3.20. The number of halogens is 1. The fourth-order valence-electron chi connectivity index (χ4n) is 3.10. The van der Waals surface area contributed by atoms with Crippen molar-refractivity contribution in [2.45, 2.75) is 19.9 Å². The summed E-state index contributed by atoms with van der Waals surface area (Å²) in [4.78, 5) is 13.8. The van der Waals surface area contributed by atoms with Crippen molar-refractivity contribution in [3.05, 3.63) is 58.9 Å². The summed E-state index contributed by atoms with van der Waals surface area (Å²) in [5, 5.41) is 0. The highest BCUT2D eigenvalue weighted by Gasteiger charge is 2.23. The van der Waals surface area contributed by atoms with Crippen molar-refractivity contribution in [3.8, 4) is 5.75 Å². The van der Waals surface area contributed by atoms with Crippen LogP contribution in [0.15, 0.2) is 36.4 Å². The van der Waals surface area contributed by atoms with Gasteiger partial charge in [-0.1, -0.05) is 18.2 Å². The minimum atomic E-state index is -0.457. The highest BCUT2D eigenvalue weighted by atomic mass is 19.1. The number of nitrogens with zero attached hydrogens (tertiary/aromatic N) is 1. The molecule has 4 heteroatoms. The van der Waals surface area contributed by atoms with Crippen molar-refractivity contribution >= 4 is 11.5 Å². The molecule has 1 heterocycles. The third kappa shape index (κ3) is 2.45. The number of carbonyl (C=O) groups is 1. The molecule has 1 aliphatic heterocycles. The molecule has 0 aliphatic carbocycles. The van der Waals surface area contributed by atoms with Crippen LogP contribution in [0.25, 0.3) is 0 Å². The van der Waals surface area contributed by atoms with Gasteiger partial charge in [-0.25, -0.2) is 4.39 Å². The average molecular weight is 299 g/mol. The van der Waals surface area contributed by atoms with E-state index in [1.165, 1.54) is 18.6 Å². The lowest BCUT2D eigenvalue weighted by Crippen LogP contribution is -2.32. The molecule has 0 saturated carbocycles. The van der Waals surface area contributed by atoms with E-state index in [0.717, 1.165) is 24.3 Å². The number of hydrogen-bond donors (Lipinski definition) is 0. The Morgan fingerprint density at radius 3 is 2.73 bits per heavy atom. The molecule has 0 aromatic heterocycles. The van der Waals surface area contributed by atoms with E-state index < -0.39 is 5.82 Å². The predicted octanol–water partition coefficient (Wildman–Crippen LogP) is 3.60. The van der Waals surface area contributed by atoms with Crippen LogP contribution in [0, 0.1) is 5.82 Å². The van der Waals surface area contributed by atoms with Gasteiger partial charge in [0.25, 0.3) is 0 Å². The van der Waals surface area contributed by atoms with Crippen LogP contribution in [0.1, 0.15) is 28.4 Å². The average Bonchev–Trinajstić information content (AvgIpc) is 2.53. The van der Waals surface area contributed by atoms with E-state index >= 15 is 0 Å².